The van der Waals surface area contributed by atoms with Crippen molar-refractivity contribution in [2.24, 2.45) is 0 Å². The molecule has 2 aromatic carbocycles. The summed E-state index contributed by atoms with van der Waals surface area (Å²) in [6, 6.07) is 12.7. The zero-order chi connectivity index (χ0) is 15.7. The zero-order valence-electron chi connectivity index (χ0n) is 12.0. The molecule has 0 bridgehead atoms. The van der Waals surface area contributed by atoms with Crippen LogP contribution in [-0.4, -0.2) is 0 Å². The Bertz CT molecular complexity index is 820. The van der Waals surface area contributed by atoms with Gasteiger partial charge in [0.1, 0.15) is 18.2 Å². The lowest BCUT2D eigenvalue weighted by Crippen LogP contribution is -1.97. The van der Waals surface area contributed by atoms with E-state index in [1.54, 1.807) is 13.0 Å². The van der Waals surface area contributed by atoms with Gasteiger partial charge in [0.2, 0.25) is 0 Å². The standard InChI is InChI=1S/C18H13BrFNO/c1-11(9-21)18-15-4-2-12(8-19)6-13(15)10-22-17-7-14(20)3-5-16(17)18/h2-7H,8,10H2,1H3/b18-11-. The number of fused-ring (bicyclic) bond motifs is 2. The monoisotopic (exact) mass is 357 g/mol. The second-order valence-corrected chi connectivity index (χ2v) is 5.73. The first kappa shape index (κ1) is 14.8. The number of ether oxygens (including phenoxy) is 1. The number of allylic oxidation sites excluding steroid dienone is 1. The molecule has 3 rings (SSSR count). The van der Waals surface area contributed by atoms with Gasteiger partial charge in [0.05, 0.1) is 6.07 Å². The molecule has 0 saturated carbocycles. The van der Waals surface area contributed by atoms with E-state index in [1.807, 2.05) is 12.1 Å². The van der Waals surface area contributed by atoms with Crippen molar-refractivity contribution >= 4 is 21.5 Å². The molecule has 0 N–H and O–H groups in total. The summed E-state index contributed by atoms with van der Waals surface area (Å²) in [4.78, 5) is 0. The first-order chi connectivity index (χ1) is 10.6. The van der Waals surface area contributed by atoms with E-state index in [0.717, 1.165) is 33.2 Å². The number of nitrogens with zero attached hydrogens (tertiary/aromatic N) is 1. The van der Waals surface area contributed by atoms with Crippen LogP contribution in [0, 0.1) is 17.1 Å². The van der Waals surface area contributed by atoms with Crippen LogP contribution in [0.25, 0.3) is 5.57 Å². The van der Waals surface area contributed by atoms with E-state index in [-0.39, 0.29) is 5.82 Å². The average Bonchev–Trinajstić information content (AvgIpc) is 2.70. The number of benzene rings is 2. The van der Waals surface area contributed by atoms with Gasteiger partial charge in [-0.25, -0.2) is 4.39 Å². The number of hydrogen-bond acceptors (Lipinski definition) is 2. The molecule has 0 aliphatic carbocycles. The Kier molecular flexibility index (Phi) is 4.00. The summed E-state index contributed by atoms with van der Waals surface area (Å²) in [6.07, 6.45) is 0. The SMILES string of the molecule is C/C(C#N)=C1\c2ccc(CBr)cc2COc2cc(F)ccc21. The summed E-state index contributed by atoms with van der Waals surface area (Å²) in [5.74, 6) is 0.126. The molecule has 4 heteroatoms. The second-order valence-electron chi connectivity index (χ2n) is 5.17. The minimum atomic E-state index is -0.347. The third-order valence-corrected chi connectivity index (χ3v) is 4.38. The Morgan fingerprint density at radius 2 is 2.05 bits per heavy atom. The highest BCUT2D eigenvalue weighted by molar-refractivity contribution is 9.08. The highest BCUT2D eigenvalue weighted by atomic mass is 79.9. The van der Waals surface area contributed by atoms with Crippen molar-refractivity contribution < 1.29 is 9.13 Å². The summed E-state index contributed by atoms with van der Waals surface area (Å²) < 4.78 is 19.3. The van der Waals surface area contributed by atoms with Gasteiger partial charge in [-0.15, -0.1) is 0 Å². The lowest BCUT2D eigenvalue weighted by atomic mass is 9.90. The molecular formula is C18H13BrFNO. The first-order valence-electron chi connectivity index (χ1n) is 6.86. The molecule has 110 valence electrons. The molecule has 0 spiro atoms. The minimum Gasteiger partial charge on any atom is -0.488 e. The number of nitriles is 1. The summed E-state index contributed by atoms with van der Waals surface area (Å²) >= 11 is 3.45. The Balaban J connectivity index is 2.30. The predicted molar refractivity (Wildman–Crippen MR) is 87.1 cm³/mol. The third kappa shape index (κ3) is 2.53. The van der Waals surface area contributed by atoms with Crippen LogP contribution >= 0.6 is 15.9 Å². The molecule has 0 amide bonds. The fourth-order valence-electron chi connectivity index (χ4n) is 2.68. The lowest BCUT2D eigenvalue weighted by Gasteiger charge is -2.12. The molecule has 1 aliphatic heterocycles. The first-order valence-corrected chi connectivity index (χ1v) is 7.98. The highest BCUT2D eigenvalue weighted by Crippen LogP contribution is 2.39. The maximum atomic E-state index is 13.5. The van der Waals surface area contributed by atoms with E-state index in [4.69, 9.17) is 4.74 Å². The summed E-state index contributed by atoms with van der Waals surface area (Å²) in [7, 11) is 0. The fraction of sp³-hybridized carbons (Fsp3) is 0.167. The van der Waals surface area contributed by atoms with E-state index >= 15 is 0 Å². The number of halogens is 2. The van der Waals surface area contributed by atoms with Gasteiger partial charge in [0.15, 0.2) is 0 Å². The van der Waals surface area contributed by atoms with Gasteiger partial charge in [-0.3, -0.25) is 0 Å². The predicted octanol–water partition coefficient (Wildman–Crippen LogP) is 4.96. The molecule has 22 heavy (non-hydrogen) atoms. The van der Waals surface area contributed by atoms with Crippen LogP contribution < -0.4 is 4.74 Å². The van der Waals surface area contributed by atoms with Crippen molar-refractivity contribution in [3.05, 3.63) is 70.0 Å². The highest BCUT2D eigenvalue weighted by Gasteiger charge is 2.22. The molecule has 0 atom stereocenters. The largest absolute Gasteiger partial charge is 0.488 e. The van der Waals surface area contributed by atoms with Gasteiger partial charge in [0.25, 0.3) is 0 Å². The van der Waals surface area contributed by atoms with E-state index in [9.17, 15) is 9.65 Å². The molecular weight excluding hydrogens is 345 g/mol. The maximum absolute atomic E-state index is 13.5. The quantitative estimate of drug-likeness (QED) is 0.533. The molecule has 2 aromatic rings. The maximum Gasteiger partial charge on any atom is 0.130 e. The van der Waals surface area contributed by atoms with Gasteiger partial charge in [0, 0.05) is 28.1 Å². The normalized spacial score (nSPS) is 15.0. The van der Waals surface area contributed by atoms with Crippen LogP contribution in [0.4, 0.5) is 4.39 Å². The average molecular weight is 358 g/mol. The van der Waals surface area contributed by atoms with E-state index < -0.39 is 0 Å². The molecule has 1 aliphatic rings. The van der Waals surface area contributed by atoms with Crippen LogP contribution in [0.2, 0.25) is 0 Å². The van der Waals surface area contributed by atoms with Gasteiger partial charge in [-0.05, 0) is 35.7 Å². The van der Waals surface area contributed by atoms with Crippen LogP contribution in [0.1, 0.15) is 29.2 Å². The zero-order valence-corrected chi connectivity index (χ0v) is 13.6. The topological polar surface area (TPSA) is 33.0 Å². The summed E-state index contributed by atoms with van der Waals surface area (Å²) in [5.41, 5.74) is 5.25. The fourth-order valence-corrected chi connectivity index (χ4v) is 3.02. The smallest absolute Gasteiger partial charge is 0.130 e. The van der Waals surface area contributed by atoms with Gasteiger partial charge in [-0.2, -0.15) is 5.26 Å². The summed E-state index contributed by atoms with van der Waals surface area (Å²) in [5, 5.41) is 10.1. The van der Waals surface area contributed by atoms with Gasteiger partial charge < -0.3 is 4.74 Å². The van der Waals surface area contributed by atoms with Crippen LogP contribution in [0.15, 0.2) is 42.0 Å². The molecule has 0 unspecified atom stereocenters. The Hall–Kier alpha value is -2.12. The van der Waals surface area contributed by atoms with Crippen LogP contribution in [0.5, 0.6) is 5.75 Å². The van der Waals surface area contributed by atoms with Crippen LogP contribution in [0.3, 0.4) is 0 Å². The molecule has 2 nitrogen and oxygen atoms in total. The van der Waals surface area contributed by atoms with E-state index in [0.29, 0.717) is 17.9 Å². The molecule has 0 radical (unpaired) electrons. The van der Waals surface area contributed by atoms with Gasteiger partial charge in [-0.1, -0.05) is 34.1 Å². The van der Waals surface area contributed by atoms with Gasteiger partial charge >= 0.3 is 0 Å². The van der Waals surface area contributed by atoms with Crippen molar-refractivity contribution in [1.82, 2.24) is 0 Å². The van der Waals surface area contributed by atoms with Crippen molar-refractivity contribution in [3.63, 3.8) is 0 Å². The molecule has 1 heterocycles. The second kappa shape index (κ2) is 5.94. The van der Waals surface area contributed by atoms with E-state index in [1.165, 1.54) is 12.1 Å². The molecule has 0 aromatic heterocycles. The van der Waals surface area contributed by atoms with Crippen molar-refractivity contribution in [1.29, 1.82) is 5.26 Å². The molecule has 0 saturated heterocycles. The Morgan fingerprint density at radius 3 is 2.77 bits per heavy atom. The van der Waals surface area contributed by atoms with Crippen molar-refractivity contribution in [2.45, 2.75) is 18.9 Å². The lowest BCUT2D eigenvalue weighted by molar-refractivity contribution is 0.305. The number of hydrogen-bond donors (Lipinski definition) is 0. The Morgan fingerprint density at radius 1 is 1.27 bits per heavy atom. The Labute approximate surface area is 137 Å². The van der Waals surface area contributed by atoms with Crippen molar-refractivity contribution in [2.75, 3.05) is 0 Å². The number of alkyl halides is 1. The van der Waals surface area contributed by atoms with E-state index in [2.05, 4.69) is 28.1 Å². The van der Waals surface area contributed by atoms with Crippen LogP contribution in [-0.2, 0) is 11.9 Å². The third-order valence-electron chi connectivity index (χ3n) is 3.73. The van der Waals surface area contributed by atoms with Crippen molar-refractivity contribution in [3.8, 4) is 11.8 Å². The summed E-state index contributed by atoms with van der Waals surface area (Å²) in [6.45, 7) is 2.13. The minimum absolute atomic E-state index is 0.347. The molecule has 0 fully saturated rings. The number of rotatable bonds is 1.